The van der Waals surface area contributed by atoms with Gasteiger partial charge in [-0.3, -0.25) is 0 Å². The van der Waals surface area contributed by atoms with Crippen LogP contribution in [-0.4, -0.2) is 22.8 Å². The smallest absolute Gasteiger partial charge is 0.339 e. The van der Waals surface area contributed by atoms with Crippen molar-refractivity contribution in [3.63, 3.8) is 0 Å². The van der Waals surface area contributed by atoms with Gasteiger partial charge in [-0.2, -0.15) is 0 Å². The largest absolute Gasteiger partial charge is 0.507 e. The molecule has 0 heterocycles. The van der Waals surface area contributed by atoms with E-state index in [9.17, 15) is 9.90 Å². The zero-order valence-corrected chi connectivity index (χ0v) is 13.3. The van der Waals surface area contributed by atoms with E-state index in [0.29, 0.717) is 12.4 Å². The number of benzene rings is 1. The Bertz CT molecular complexity index is 639. The maximum Gasteiger partial charge on any atom is 0.339 e. The zero-order valence-electron chi connectivity index (χ0n) is 13.3. The first kappa shape index (κ1) is 18.3. The van der Waals surface area contributed by atoms with Crippen LogP contribution in [0.1, 0.15) is 30.1 Å². The van der Waals surface area contributed by atoms with Gasteiger partial charge in [0, 0.05) is 0 Å². The molecule has 0 saturated carbocycles. The molecule has 0 radical (unpaired) electrons. The molecule has 0 saturated heterocycles. The Labute approximate surface area is 136 Å². The second-order valence-electron chi connectivity index (χ2n) is 4.89. The first-order chi connectivity index (χ1) is 11.0. The summed E-state index contributed by atoms with van der Waals surface area (Å²) >= 11 is 0. The summed E-state index contributed by atoms with van der Waals surface area (Å²) in [4.78, 5) is 11.0. The van der Waals surface area contributed by atoms with Gasteiger partial charge in [-0.25, -0.2) is 4.79 Å². The number of hydrogen-bond donors (Lipinski definition) is 2. The third-order valence-electron chi connectivity index (χ3n) is 3.25. The third-order valence-corrected chi connectivity index (χ3v) is 3.25. The fourth-order valence-corrected chi connectivity index (χ4v) is 1.83. The highest BCUT2D eigenvalue weighted by molar-refractivity contribution is 5.91. The van der Waals surface area contributed by atoms with E-state index in [-0.39, 0.29) is 11.3 Å². The molecule has 0 unspecified atom stereocenters. The van der Waals surface area contributed by atoms with Crippen LogP contribution in [0.25, 0.3) is 0 Å². The fourth-order valence-electron chi connectivity index (χ4n) is 1.83. The summed E-state index contributed by atoms with van der Waals surface area (Å²) in [6.07, 6.45) is 9.09. The van der Waals surface area contributed by atoms with Crippen LogP contribution in [-0.2, 0) is 0 Å². The van der Waals surface area contributed by atoms with Crippen LogP contribution in [0.3, 0.4) is 0 Å². The predicted octanol–water partition coefficient (Wildman–Crippen LogP) is 4.49. The highest BCUT2D eigenvalue weighted by Gasteiger charge is 2.10. The average Bonchev–Trinajstić information content (AvgIpc) is 2.54. The van der Waals surface area contributed by atoms with Crippen molar-refractivity contribution in [1.82, 2.24) is 0 Å². The Hall–Kier alpha value is -2.75. The summed E-state index contributed by atoms with van der Waals surface area (Å²) in [6, 6.07) is 4.17. The van der Waals surface area contributed by atoms with Crippen molar-refractivity contribution < 1.29 is 19.7 Å². The summed E-state index contributed by atoms with van der Waals surface area (Å²) in [6.45, 7) is 9.81. The van der Waals surface area contributed by atoms with Gasteiger partial charge in [-0.1, -0.05) is 37.8 Å². The lowest BCUT2D eigenvalue weighted by atomic mass is 10.1. The standard InChI is InChI=1S/C19H22O4/c1-4-7-14(5-2)8-9-15(6-3)13-23-16-10-11-18(20)17(12-16)19(21)22/h4-5,8-12,20H,1-2,6-7,13H2,3H3,(H,21,22)/b14-8-,15-9+. The summed E-state index contributed by atoms with van der Waals surface area (Å²) < 4.78 is 5.61. The minimum atomic E-state index is -1.19. The van der Waals surface area contributed by atoms with Crippen LogP contribution in [0.4, 0.5) is 0 Å². The van der Waals surface area contributed by atoms with E-state index in [1.807, 2.05) is 25.2 Å². The molecule has 0 atom stereocenters. The number of aromatic hydroxyl groups is 1. The predicted molar refractivity (Wildman–Crippen MR) is 92.0 cm³/mol. The number of carboxylic acid groups (broad SMARTS) is 1. The SMILES string of the molecule is C=CC/C(C=C)=C\C=C(/CC)COc1ccc(O)c(C(=O)O)c1. The number of aromatic carboxylic acids is 1. The van der Waals surface area contributed by atoms with Crippen molar-refractivity contribution in [1.29, 1.82) is 0 Å². The Kier molecular flexibility index (Phi) is 7.40. The van der Waals surface area contributed by atoms with Crippen LogP contribution in [0, 0.1) is 0 Å². The molecule has 0 aliphatic carbocycles. The molecule has 0 spiro atoms. The highest BCUT2D eigenvalue weighted by Crippen LogP contribution is 2.23. The second kappa shape index (κ2) is 9.30. The van der Waals surface area contributed by atoms with Gasteiger partial charge in [0.25, 0.3) is 0 Å². The molecule has 122 valence electrons. The van der Waals surface area contributed by atoms with E-state index in [2.05, 4.69) is 13.2 Å². The molecule has 2 N–H and O–H groups in total. The van der Waals surface area contributed by atoms with E-state index in [0.717, 1.165) is 24.0 Å². The molecule has 23 heavy (non-hydrogen) atoms. The van der Waals surface area contributed by atoms with Gasteiger partial charge in [0.1, 0.15) is 23.7 Å². The topological polar surface area (TPSA) is 66.8 Å². The van der Waals surface area contributed by atoms with Crippen LogP contribution >= 0.6 is 0 Å². The number of carbonyl (C=O) groups is 1. The molecule has 4 nitrogen and oxygen atoms in total. The first-order valence-electron chi connectivity index (χ1n) is 7.32. The normalized spacial score (nSPS) is 11.9. The Balaban J connectivity index is 2.82. The molecule has 0 bridgehead atoms. The minimum absolute atomic E-state index is 0.177. The van der Waals surface area contributed by atoms with Crippen LogP contribution < -0.4 is 4.74 Å². The lowest BCUT2D eigenvalue weighted by molar-refractivity contribution is 0.0693. The molecule has 1 rings (SSSR count). The van der Waals surface area contributed by atoms with Crippen LogP contribution in [0.15, 0.2) is 66.8 Å². The number of ether oxygens (including phenoxy) is 1. The summed E-state index contributed by atoms with van der Waals surface area (Å²) in [5.41, 5.74) is 1.94. The molecule has 0 aliphatic heterocycles. The summed E-state index contributed by atoms with van der Waals surface area (Å²) in [7, 11) is 0. The van der Waals surface area contributed by atoms with E-state index >= 15 is 0 Å². The average molecular weight is 314 g/mol. The van der Waals surface area contributed by atoms with Crippen molar-refractivity contribution in [3.05, 3.63) is 72.4 Å². The molecular weight excluding hydrogens is 292 g/mol. The van der Waals surface area contributed by atoms with Gasteiger partial charge in [0.15, 0.2) is 0 Å². The maximum absolute atomic E-state index is 11.0. The van der Waals surface area contributed by atoms with Crippen molar-refractivity contribution in [2.75, 3.05) is 6.61 Å². The van der Waals surface area contributed by atoms with Gasteiger partial charge in [-0.05, 0) is 42.2 Å². The molecule has 1 aromatic rings. The fraction of sp³-hybridized carbons (Fsp3) is 0.211. The maximum atomic E-state index is 11.0. The number of hydrogen-bond acceptors (Lipinski definition) is 3. The molecule has 1 aromatic carbocycles. The number of rotatable bonds is 9. The molecule has 0 aliphatic rings. The van der Waals surface area contributed by atoms with E-state index in [1.54, 1.807) is 6.08 Å². The van der Waals surface area contributed by atoms with Gasteiger partial charge < -0.3 is 14.9 Å². The van der Waals surface area contributed by atoms with Gasteiger partial charge in [0.2, 0.25) is 0 Å². The Morgan fingerprint density at radius 3 is 2.61 bits per heavy atom. The van der Waals surface area contributed by atoms with E-state index < -0.39 is 5.97 Å². The molecule has 0 aromatic heterocycles. The minimum Gasteiger partial charge on any atom is -0.507 e. The van der Waals surface area contributed by atoms with Crippen LogP contribution in [0.5, 0.6) is 11.5 Å². The first-order valence-corrected chi connectivity index (χ1v) is 7.32. The Morgan fingerprint density at radius 1 is 1.30 bits per heavy atom. The highest BCUT2D eigenvalue weighted by atomic mass is 16.5. The molecule has 0 fully saturated rings. The third kappa shape index (κ3) is 5.87. The van der Waals surface area contributed by atoms with Gasteiger partial charge in [0.05, 0.1) is 0 Å². The lowest BCUT2D eigenvalue weighted by Gasteiger charge is -2.09. The van der Waals surface area contributed by atoms with E-state index in [4.69, 9.17) is 9.84 Å². The molecule has 0 amide bonds. The molecular formula is C19H22O4. The van der Waals surface area contributed by atoms with Crippen molar-refractivity contribution in [3.8, 4) is 11.5 Å². The Morgan fingerprint density at radius 2 is 2.04 bits per heavy atom. The van der Waals surface area contributed by atoms with Crippen molar-refractivity contribution in [2.45, 2.75) is 19.8 Å². The van der Waals surface area contributed by atoms with Crippen LogP contribution in [0.2, 0.25) is 0 Å². The lowest BCUT2D eigenvalue weighted by Crippen LogP contribution is -2.03. The van der Waals surface area contributed by atoms with Crippen molar-refractivity contribution >= 4 is 5.97 Å². The quantitative estimate of drug-likeness (QED) is 0.520. The number of phenols is 1. The van der Waals surface area contributed by atoms with Gasteiger partial charge >= 0.3 is 5.97 Å². The number of carboxylic acids is 1. The van der Waals surface area contributed by atoms with Crippen molar-refractivity contribution in [2.24, 2.45) is 0 Å². The summed E-state index contributed by atoms with van der Waals surface area (Å²) in [5, 5.41) is 18.5. The monoisotopic (exact) mass is 314 g/mol. The zero-order chi connectivity index (χ0) is 17.2. The second-order valence-corrected chi connectivity index (χ2v) is 4.89. The molecule has 4 heteroatoms. The van der Waals surface area contributed by atoms with E-state index in [1.165, 1.54) is 18.2 Å². The number of allylic oxidation sites excluding steroid dienone is 5. The van der Waals surface area contributed by atoms with Gasteiger partial charge in [-0.15, -0.1) is 6.58 Å². The summed E-state index contributed by atoms with van der Waals surface area (Å²) in [5.74, 6) is -1.07.